The second-order valence-electron chi connectivity index (χ2n) is 5.12. The molecule has 1 rings (SSSR count). The molecule has 2 unspecified atom stereocenters. The molecule has 0 spiro atoms. The van der Waals surface area contributed by atoms with E-state index in [1.807, 2.05) is 11.8 Å². The van der Waals surface area contributed by atoms with Gasteiger partial charge in [-0.25, -0.2) is 0 Å². The average Bonchev–Trinajstić information content (AvgIpc) is 2.71. The Morgan fingerprint density at radius 3 is 2.62 bits per heavy atom. The summed E-state index contributed by atoms with van der Waals surface area (Å²) in [7, 11) is 0. The van der Waals surface area contributed by atoms with E-state index in [9.17, 15) is 0 Å². The van der Waals surface area contributed by atoms with Gasteiger partial charge in [0.2, 0.25) is 0 Å². The third-order valence-corrected chi connectivity index (χ3v) is 4.26. The summed E-state index contributed by atoms with van der Waals surface area (Å²) in [6, 6.07) is 1.09. The van der Waals surface area contributed by atoms with Crippen molar-refractivity contribution in [1.29, 1.82) is 0 Å². The first-order chi connectivity index (χ1) is 7.76. The SMILES string of the molecule is CSCC(CCO)NC(C)CC1CCCC1. The lowest BCUT2D eigenvalue weighted by Crippen LogP contribution is -2.39. The maximum absolute atomic E-state index is 9.01. The fourth-order valence-electron chi connectivity index (χ4n) is 2.79. The lowest BCUT2D eigenvalue weighted by atomic mass is 9.99. The number of aliphatic hydroxyl groups excluding tert-OH is 1. The summed E-state index contributed by atoms with van der Waals surface area (Å²) in [4.78, 5) is 0. The van der Waals surface area contributed by atoms with Crippen molar-refractivity contribution in [3.63, 3.8) is 0 Å². The summed E-state index contributed by atoms with van der Waals surface area (Å²) in [6.07, 6.45) is 10.1. The standard InChI is InChI=1S/C13H27NOS/c1-11(9-12-5-3-4-6-12)14-13(7-8-15)10-16-2/h11-15H,3-10H2,1-2H3. The predicted molar refractivity (Wildman–Crippen MR) is 73.0 cm³/mol. The molecule has 0 aromatic heterocycles. The first-order valence-corrected chi connectivity index (χ1v) is 8.01. The van der Waals surface area contributed by atoms with E-state index in [-0.39, 0.29) is 0 Å². The third-order valence-electron chi connectivity index (χ3n) is 3.53. The summed E-state index contributed by atoms with van der Waals surface area (Å²) in [6.45, 7) is 2.59. The molecule has 1 fully saturated rings. The summed E-state index contributed by atoms with van der Waals surface area (Å²) >= 11 is 1.86. The highest BCUT2D eigenvalue weighted by Gasteiger charge is 2.19. The molecule has 16 heavy (non-hydrogen) atoms. The zero-order valence-corrected chi connectivity index (χ0v) is 11.6. The Morgan fingerprint density at radius 1 is 1.38 bits per heavy atom. The van der Waals surface area contributed by atoms with E-state index in [1.54, 1.807) is 0 Å². The van der Waals surface area contributed by atoms with Gasteiger partial charge in [0.25, 0.3) is 0 Å². The minimum atomic E-state index is 0.300. The van der Waals surface area contributed by atoms with Crippen LogP contribution in [0.25, 0.3) is 0 Å². The number of thioether (sulfide) groups is 1. The molecule has 2 nitrogen and oxygen atoms in total. The van der Waals surface area contributed by atoms with Crippen molar-refractivity contribution in [2.24, 2.45) is 5.92 Å². The average molecular weight is 245 g/mol. The van der Waals surface area contributed by atoms with Crippen LogP contribution in [0.4, 0.5) is 0 Å². The van der Waals surface area contributed by atoms with Crippen molar-refractivity contribution in [2.75, 3.05) is 18.6 Å². The molecule has 1 aliphatic carbocycles. The monoisotopic (exact) mass is 245 g/mol. The molecule has 0 aromatic rings. The van der Waals surface area contributed by atoms with Crippen molar-refractivity contribution >= 4 is 11.8 Å². The van der Waals surface area contributed by atoms with Crippen LogP contribution in [0.1, 0.15) is 45.4 Å². The topological polar surface area (TPSA) is 32.3 Å². The van der Waals surface area contributed by atoms with Crippen LogP contribution in [0.3, 0.4) is 0 Å². The number of nitrogens with one attached hydrogen (secondary N) is 1. The van der Waals surface area contributed by atoms with Crippen LogP contribution in [0.5, 0.6) is 0 Å². The van der Waals surface area contributed by atoms with Gasteiger partial charge in [-0.1, -0.05) is 25.7 Å². The normalized spacial score (nSPS) is 21.2. The van der Waals surface area contributed by atoms with E-state index < -0.39 is 0 Å². The highest BCUT2D eigenvalue weighted by molar-refractivity contribution is 7.98. The first-order valence-electron chi connectivity index (χ1n) is 6.62. The van der Waals surface area contributed by atoms with Crippen LogP contribution < -0.4 is 5.32 Å². The van der Waals surface area contributed by atoms with Crippen LogP contribution in [0, 0.1) is 5.92 Å². The number of rotatable bonds is 8. The largest absolute Gasteiger partial charge is 0.396 e. The van der Waals surface area contributed by atoms with Crippen molar-refractivity contribution in [3.05, 3.63) is 0 Å². The van der Waals surface area contributed by atoms with E-state index in [2.05, 4.69) is 18.5 Å². The highest BCUT2D eigenvalue weighted by Crippen LogP contribution is 2.28. The van der Waals surface area contributed by atoms with Gasteiger partial charge >= 0.3 is 0 Å². The van der Waals surface area contributed by atoms with Gasteiger partial charge in [-0.3, -0.25) is 0 Å². The molecule has 0 saturated heterocycles. The number of aliphatic hydroxyl groups is 1. The van der Waals surface area contributed by atoms with Crippen LogP contribution in [0.15, 0.2) is 0 Å². The van der Waals surface area contributed by atoms with Crippen LogP contribution in [-0.2, 0) is 0 Å². The smallest absolute Gasteiger partial charge is 0.0446 e. The van der Waals surface area contributed by atoms with Gasteiger partial charge in [-0.2, -0.15) is 11.8 Å². The predicted octanol–water partition coefficient (Wildman–Crippen LogP) is 2.66. The van der Waals surface area contributed by atoms with Gasteiger partial charge in [0, 0.05) is 24.4 Å². The molecule has 0 amide bonds. The Hall–Kier alpha value is 0.270. The molecular formula is C13H27NOS. The van der Waals surface area contributed by atoms with Gasteiger partial charge in [-0.15, -0.1) is 0 Å². The summed E-state index contributed by atoms with van der Waals surface area (Å²) in [5.74, 6) is 2.06. The molecule has 0 heterocycles. The molecule has 96 valence electrons. The lowest BCUT2D eigenvalue weighted by molar-refractivity contribution is 0.261. The van der Waals surface area contributed by atoms with E-state index in [0.717, 1.165) is 18.1 Å². The summed E-state index contributed by atoms with van der Waals surface area (Å²) in [5, 5.41) is 12.7. The minimum Gasteiger partial charge on any atom is -0.396 e. The van der Waals surface area contributed by atoms with Crippen molar-refractivity contribution in [2.45, 2.75) is 57.5 Å². The highest BCUT2D eigenvalue weighted by atomic mass is 32.2. The fraction of sp³-hybridized carbons (Fsp3) is 1.00. The van der Waals surface area contributed by atoms with Crippen LogP contribution in [-0.4, -0.2) is 35.8 Å². The van der Waals surface area contributed by atoms with Crippen LogP contribution >= 0.6 is 11.8 Å². The minimum absolute atomic E-state index is 0.300. The molecule has 0 aromatic carbocycles. The van der Waals surface area contributed by atoms with Gasteiger partial charge < -0.3 is 10.4 Å². The second-order valence-corrected chi connectivity index (χ2v) is 6.03. The fourth-order valence-corrected chi connectivity index (χ4v) is 3.45. The lowest BCUT2D eigenvalue weighted by Gasteiger charge is -2.24. The van der Waals surface area contributed by atoms with Gasteiger partial charge in [0.15, 0.2) is 0 Å². The van der Waals surface area contributed by atoms with Crippen molar-refractivity contribution in [1.82, 2.24) is 5.32 Å². The van der Waals surface area contributed by atoms with E-state index in [4.69, 9.17) is 5.11 Å². The van der Waals surface area contributed by atoms with E-state index in [0.29, 0.717) is 18.7 Å². The Balaban J connectivity index is 2.20. The van der Waals surface area contributed by atoms with E-state index in [1.165, 1.54) is 32.1 Å². The summed E-state index contributed by atoms with van der Waals surface area (Å²) < 4.78 is 0. The molecular weight excluding hydrogens is 218 g/mol. The van der Waals surface area contributed by atoms with Gasteiger partial charge in [0.1, 0.15) is 0 Å². The maximum atomic E-state index is 9.01. The number of hydrogen-bond acceptors (Lipinski definition) is 3. The Labute approximate surface area is 105 Å². The Morgan fingerprint density at radius 2 is 2.06 bits per heavy atom. The molecule has 0 aliphatic heterocycles. The molecule has 2 atom stereocenters. The zero-order valence-electron chi connectivity index (χ0n) is 10.7. The molecule has 1 aliphatic rings. The molecule has 1 saturated carbocycles. The molecule has 0 radical (unpaired) electrons. The Kier molecular flexibility index (Phi) is 7.50. The molecule has 3 heteroatoms. The molecule has 2 N–H and O–H groups in total. The van der Waals surface area contributed by atoms with E-state index >= 15 is 0 Å². The maximum Gasteiger partial charge on any atom is 0.0446 e. The summed E-state index contributed by atoms with van der Waals surface area (Å²) in [5.41, 5.74) is 0. The first kappa shape index (κ1) is 14.3. The third kappa shape index (κ3) is 5.55. The second kappa shape index (κ2) is 8.37. The zero-order chi connectivity index (χ0) is 11.8. The Bertz CT molecular complexity index is 165. The van der Waals surface area contributed by atoms with Crippen molar-refractivity contribution < 1.29 is 5.11 Å². The van der Waals surface area contributed by atoms with Gasteiger partial charge in [0.05, 0.1) is 0 Å². The quantitative estimate of drug-likeness (QED) is 0.689. The molecule has 0 bridgehead atoms. The number of hydrogen-bond donors (Lipinski definition) is 2. The van der Waals surface area contributed by atoms with Crippen LogP contribution in [0.2, 0.25) is 0 Å². The van der Waals surface area contributed by atoms with Gasteiger partial charge in [-0.05, 0) is 31.9 Å². The van der Waals surface area contributed by atoms with Crippen molar-refractivity contribution in [3.8, 4) is 0 Å².